The standard InChI is InChI=1S/C26H22N2O2/c1-26(2,3)20-13-16(12-15-6-4-5-7-17(15)20)23-22-19-8-9-21-18(10-11-29-21)24(19)30-25(22)28-14-27-23/h4-14,19,24H,1-3H3. The summed E-state index contributed by atoms with van der Waals surface area (Å²) in [5, 5.41) is 2.51. The third kappa shape index (κ3) is 2.46. The summed E-state index contributed by atoms with van der Waals surface area (Å²) in [5.74, 6) is 1.60. The number of hydrogen-bond donors (Lipinski definition) is 0. The molecule has 0 spiro atoms. The summed E-state index contributed by atoms with van der Waals surface area (Å²) in [7, 11) is 0. The molecule has 0 radical (unpaired) electrons. The topological polar surface area (TPSA) is 48.2 Å². The molecular weight excluding hydrogens is 372 g/mol. The molecule has 3 heterocycles. The van der Waals surface area contributed by atoms with Crippen LogP contribution in [0, 0.1) is 0 Å². The Kier molecular flexibility index (Phi) is 3.52. The maximum atomic E-state index is 6.28. The van der Waals surface area contributed by atoms with Gasteiger partial charge < -0.3 is 9.15 Å². The van der Waals surface area contributed by atoms with Crippen LogP contribution in [0.2, 0.25) is 0 Å². The highest BCUT2D eigenvalue weighted by molar-refractivity contribution is 5.91. The smallest absolute Gasteiger partial charge is 0.221 e. The molecule has 0 amide bonds. The molecule has 2 aliphatic rings. The average Bonchev–Trinajstić information content (AvgIpc) is 3.36. The molecule has 4 aromatic rings. The van der Waals surface area contributed by atoms with E-state index >= 15 is 0 Å². The van der Waals surface area contributed by atoms with Crippen LogP contribution in [0.1, 0.15) is 55.2 Å². The van der Waals surface area contributed by atoms with Gasteiger partial charge in [0.15, 0.2) is 0 Å². The van der Waals surface area contributed by atoms with Gasteiger partial charge in [-0.3, -0.25) is 0 Å². The molecule has 2 atom stereocenters. The lowest BCUT2D eigenvalue weighted by molar-refractivity contribution is 0.214. The summed E-state index contributed by atoms with van der Waals surface area (Å²) < 4.78 is 11.9. The molecule has 0 saturated carbocycles. The number of aromatic nitrogens is 2. The molecule has 2 aromatic heterocycles. The Balaban J connectivity index is 1.57. The third-order valence-corrected chi connectivity index (χ3v) is 6.18. The van der Waals surface area contributed by atoms with Crippen LogP contribution in [0.4, 0.5) is 0 Å². The fourth-order valence-electron chi connectivity index (χ4n) is 4.76. The molecule has 6 rings (SSSR count). The van der Waals surface area contributed by atoms with Crippen LogP contribution in [-0.4, -0.2) is 9.97 Å². The molecule has 2 aromatic carbocycles. The van der Waals surface area contributed by atoms with Crippen molar-refractivity contribution in [3.05, 3.63) is 83.6 Å². The first-order valence-electron chi connectivity index (χ1n) is 10.3. The molecular formula is C26H22N2O2. The summed E-state index contributed by atoms with van der Waals surface area (Å²) in [6, 6.07) is 15.1. The molecule has 30 heavy (non-hydrogen) atoms. The molecule has 1 aliphatic carbocycles. The van der Waals surface area contributed by atoms with Gasteiger partial charge in [-0.05, 0) is 46.0 Å². The number of rotatable bonds is 1. The summed E-state index contributed by atoms with van der Waals surface area (Å²) in [6.45, 7) is 6.77. The Morgan fingerprint density at radius 1 is 1.00 bits per heavy atom. The first kappa shape index (κ1) is 17.5. The predicted octanol–water partition coefficient (Wildman–Crippen LogP) is 6.43. The van der Waals surface area contributed by atoms with E-state index in [4.69, 9.17) is 14.1 Å². The number of ether oxygens (including phenoxy) is 1. The molecule has 4 heteroatoms. The Morgan fingerprint density at radius 3 is 2.73 bits per heavy atom. The van der Waals surface area contributed by atoms with Crippen molar-refractivity contribution in [1.29, 1.82) is 0 Å². The van der Waals surface area contributed by atoms with Crippen molar-refractivity contribution in [2.75, 3.05) is 0 Å². The summed E-state index contributed by atoms with van der Waals surface area (Å²) >= 11 is 0. The van der Waals surface area contributed by atoms with Crippen molar-refractivity contribution in [2.45, 2.75) is 38.2 Å². The summed E-state index contributed by atoms with van der Waals surface area (Å²) in [4.78, 5) is 9.20. The first-order chi connectivity index (χ1) is 14.5. The van der Waals surface area contributed by atoms with E-state index in [9.17, 15) is 0 Å². The minimum atomic E-state index is -0.114. The van der Waals surface area contributed by atoms with Crippen LogP contribution in [-0.2, 0) is 5.41 Å². The third-order valence-electron chi connectivity index (χ3n) is 6.18. The van der Waals surface area contributed by atoms with Gasteiger partial charge in [-0.25, -0.2) is 9.97 Å². The van der Waals surface area contributed by atoms with E-state index < -0.39 is 0 Å². The van der Waals surface area contributed by atoms with Crippen molar-refractivity contribution in [3.63, 3.8) is 0 Å². The van der Waals surface area contributed by atoms with E-state index in [0.29, 0.717) is 5.88 Å². The number of nitrogens with zero attached hydrogens (tertiary/aromatic N) is 2. The van der Waals surface area contributed by atoms with Gasteiger partial charge in [-0.1, -0.05) is 51.1 Å². The largest absolute Gasteiger partial charge is 0.468 e. The van der Waals surface area contributed by atoms with E-state index in [-0.39, 0.29) is 17.4 Å². The lowest BCUT2D eigenvalue weighted by Crippen LogP contribution is -2.13. The molecule has 0 bridgehead atoms. The Hall–Kier alpha value is -3.40. The quantitative estimate of drug-likeness (QED) is 0.373. The average molecular weight is 394 g/mol. The van der Waals surface area contributed by atoms with Crippen LogP contribution in [0.15, 0.2) is 65.5 Å². The number of furan rings is 1. The fraction of sp³-hybridized carbons (Fsp3) is 0.231. The summed E-state index contributed by atoms with van der Waals surface area (Å²) in [6.07, 6.45) is 7.40. The molecule has 2 unspecified atom stereocenters. The minimum Gasteiger partial charge on any atom is -0.468 e. The van der Waals surface area contributed by atoms with Gasteiger partial charge in [-0.2, -0.15) is 0 Å². The SMILES string of the molecule is CC(C)(C)c1cc(-c2ncnc3c2C2C=Cc4occc4C2O3)cc2ccccc12. The highest BCUT2D eigenvalue weighted by Crippen LogP contribution is 2.52. The molecule has 4 nitrogen and oxygen atoms in total. The zero-order valence-corrected chi connectivity index (χ0v) is 17.2. The van der Waals surface area contributed by atoms with Crippen LogP contribution >= 0.6 is 0 Å². The molecule has 0 N–H and O–H groups in total. The maximum Gasteiger partial charge on any atom is 0.221 e. The van der Waals surface area contributed by atoms with E-state index in [0.717, 1.165) is 28.1 Å². The zero-order chi connectivity index (χ0) is 20.5. The van der Waals surface area contributed by atoms with Gasteiger partial charge in [-0.15, -0.1) is 0 Å². The van der Waals surface area contributed by atoms with Gasteiger partial charge in [0.1, 0.15) is 18.2 Å². The highest BCUT2D eigenvalue weighted by Gasteiger charge is 2.41. The zero-order valence-electron chi connectivity index (χ0n) is 17.2. The van der Waals surface area contributed by atoms with E-state index in [1.807, 2.05) is 12.1 Å². The second-order valence-corrected chi connectivity index (χ2v) is 9.10. The molecule has 0 saturated heterocycles. The lowest BCUT2D eigenvalue weighted by Gasteiger charge is -2.23. The second kappa shape index (κ2) is 6.05. The van der Waals surface area contributed by atoms with Crippen molar-refractivity contribution < 1.29 is 9.15 Å². The van der Waals surface area contributed by atoms with Gasteiger partial charge in [0.25, 0.3) is 0 Å². The highest BCUT2D eigenvalue weighted by atomic mass is 16.5. The van der Waals surface area contributed by atoms with Crippen LogP contribution in [0.3, 0.4) is 0 Å². The van der Waals surface area contributed by atoms with E-state index in [1.54, 1.807) is 12.6 Å². The normalized spacial score (nSPS) is 19.3. The monoisotopic (exact) mass is 394 g/mol. The Morgan fingerprint density at radius 2 is 1.87 bits per heavy atom. The van der Waals surface area contributed by atoms with Gasteiger partial charge in [0.2, 0.25) is 5.88 Å². The minimum absolute atomic E-state index is 0.0152. The predicted molar refractivity (Wildman–Crippen MR) is 118 cm³/mol. The van der Waals surface area contributed by atoms with E-state index in [2.05, 4.69) is 68.2 Å². The second-order valence-electron chi connectivity index (χ2n) is 9.10. The summed E-state index contributed by atoms with van der Waals surface area (Å²) in [5.41, 5.74) is 5.51. The number of benzene rings is 2. The molecule has 0 fully saturated rings. The van der Waals surface area contributed by atoms with Crippen molar-refractivity contribution >= 4 is 16.8 Å². The van der Waals surface area contributed by atoms with Crippen LogP contribution in [0.25, 0.3) is 28.1 Å². The molecule has 148 valence electrons. The van der Waals surface area contributed by atoms with Gasteiger partial charge in [0.05, 0.1) is 23.4 Å². The van der Waals surface area contributed by atoms with Crippen LogP contribution in [0.5, 0.6) is 5.88 Å². The van der Waals surface area contributed by atoms with E-state index in [1.165, 1.54) is 16.3 Å². The first-order valence-corrected chi connectivity index (χ1v) is 10.3. The van der Waals surface area contributed by atoms with Crippen molar-refractivity contribution in [2.24, 2.45) is 0 Å². The number of hydrogen-bond acceptors (Lipinski definition) is 4. The Labute approximate surface area is 175 Å². The van der Waals surface area contributed by atoms with Gasteiger partial charge in [0, 0.05) is 11.1 Å². The van der Waals surface area contributed by atoms with Crippen LogP contribution < -0.4 is 4.74 Å². The fourth-order valence-corrected chi connectivity index (χ4v) is 4.76. The Bertz CT molecular complexity index is 1330. The van der Waals surface area contributed by atoms with Crippen molar-refractivity contribution in [1.82, 2.24) is 9.97 Å². The maximum absolute atomic E-state index is 6.28. The van der Waals surface area contributed by atoms with Gasteiger partial charge >= 0.3 is 0 Å². The number of fused-ring (bicyclic) bond motifs is 6. The lowest BCUT2D eigenvalue weighted by atomic mass is 9.81. The molecule has 1 aliphatic heterocycles. The van der Waals surface area contributed by atoms with Crippen molar-refractivity contribution in [3.8, 4) is 17.1 Å².